The molecule has 1 unspecified atom stereocenters. The Morgan fingerprint density at radius 1 is 1.29 bits per heavy atom. The Bertz CT molecular complexity index is 1020. The third-order valence-corrected chi connectivity index (χ3v) is 8.09. The maximum absolute atomic E-state index is 12.8. The number of non-ortho nitro benzene ring substituents is 1. The summed E-state index contributed by atoms with van der Waals surface area (Å²) in [5, 5.41) is 13.7. The van der Waals surface area contributed by atoms with Crippen molar-refractivity contribution >= 4 is 38.6 Å². The summed E-state index contributed by atoms with van der Waals surface area (Å²) in [6.45, 7) is 4.06. The number of amides is 1. The normalized spacial score (nSPS) is 18.0. The van der Waals surface area contributed by atoms with Crippen LogP contribution in [0.15, 0.2) is 34.5 Å². The molecule has 1 fully saturated rings. The van der Waals surface area contributed by atoms with Gasteiger partial charge in [0.2, 0.25) is 5.91 Å². The van der Waals surface area contributed by atoms with E-state index in [2.05, 4.69) is 5.32 Å². The van der Waals surface area contributed by atoms with Crippen LogP contribution in [-0.4, -0.2) is 36.6 Å². The number of thiophene rings is 1. The number of nitrogens with zero attached hydrogens (tertiary/aromatic N) is 2. The van der Waals surface area contributed by atoms with E-state index in [0.29, 0.717) is 30.6 Å². The topological polar surface area (TPSA) is 110 Å². The lowest BCUT2D eigenvalue weighted by Gasteiger charge is -2.30. The number of sulfonamides is 1. The lowest BCUT2D eigenvalue weighted by Crippen LogP contribution is -2.43. The summed E-state index contributed by atoms with van der Waals surface area (Å²) in [6, 6.07) is 7.62. The number of anilines is 1. The van der Waals surface area contributed by atoms with Gasteiger partial charge >= 0.3 is 0 Å². The molecule has 0 bridgehead atoms. The van der Waals surface area contributed by atoms with Crippen molar-refractivity contribution in [2.45, 2.75) is 30.9 Å². The Hall–Kier alpha value is -2.30. The van der Waals surface area contributed by atoms with Gasteiger partial charge in [-0.05, 0) is 44.4 Å². The predicted molar refractivity (Wildman–Crippen MR) is 107 cm³/mol. The summed E-state index contributed by atoms with van der Waals surface area (Å²) in [7, 11) is -3.62. The highest BCUT2D eigenvalue weighted by atomic mass is 32.2. The van der Waals surface area contributed by atoms with E-state index < -0.39 is 20.9 Å². The molecule has 0 radical (unpaired) electrons. The molecule has 28 heavy (non-hydrogen) atoms. The molecule has 10 heteroatoms. The second-order valence-electron chi connectivity index (χ2n) is 6.81. The first-order chi connectivity index (χ1) is 13.2. The van der Waals surface area contributed by atoms with Gasteiger partial charge in [0.1, 0.15) is 4.21 Å². The Morgan fingerprint density at radius 3 is 2.68 bits per heavy atom. The van der Waals surface area contributed by atoms with Crippen molar-refractivity contribution in [1.82, 2.24) is 4.31 Å². The van der Waals surface area contributed by atoms with Crippen molar-refractivity contribution in [2.24, 2.45) is 5.92 Å². The maximum atomic E-state index is 12.8. The van der Waals surface area contributed by atoms with Gasteiger partial charge in [0.05, 0.1) is 16.5 Å². The minimum Gasteiger partial charge on any atom is -0.325 e. The molecule has 0 saturated carbocycles. The number of nitro benzene ring substituents is 1. The maximum Gasteiger partial charge on any atom is 0.271 e. The van der Waals surface area contributed by atoms with Crippen LogP contribution in [0.4, 0.5) is 11.4 Å². The van der Waals surface area contributed by atoms with Gasteiger partial charge in [-0.1, -0.05) is 6.07 Å². The van der Waals surface area contributed by atoms with Gasteiger partial charge in [-0.3, -0.25) is 14.9 Å². The number of piperidine rings is 1. The summed E-state index contributed by atoms with van der Waals surface area (Å²) < 4.78 is 27.3. The van der Waals surface area contributed by atoms with Crippen LogP contribution in [0.1, 0.15) is 23.3 Å². The van der Waals surface area contributed by atoms with Crippen molar-refractivity contribution in [3.8, 4) is 0 Å². The van der Waals surface area contributed by atoms with E-state index in [4.69, 9.17) is 0 Å². The SMILES string of the molecule is Cc1ccc(S(=O)(=O)N2CCCC(C(=O)Nc3cc([N+](=O)[O-])ccc3C)C2)s1. The minimum atomic E-state index is -3.62. The zero-order chi connectivity index (χ0) is 20.5. The largest absolute Gasteiger partial charge is 0.325 e. The van der Waals surface area contributed by atoms with Crippen LogP contribution in [-0.2, 0) is 14.8 Å². The van der Waals surface area contributed by atoms with Crippen molar-refractivity contribution in [1.29, 1.82) is 0 Å². The van der Waals surface area contributed by atoms with Gasteiger partial charge in [-0.25, -0.2) is 8.42 Å². The van der Waals surface area contributed by atoms with Crippen LogP contribution in [0.3, 0.4) is 0 Å². The van der Waals surface area contributed by atoms with E-state index in [1.54, 1.807) is 25.1 Å². The van der Waals surface area contributed by atoms with Crippen LogP contribution < -0.4 is 5.32 Å². The number of nitro groups is 1. The second kappa shape index (κ2) is 7.98. The summed E-state index contributed by atoms with van der Waals surface area (Å²) >= 11 is 1.21. The predicted octanol–water partition coefficient (Wildman–Crippen LogP) is 3.31. The molecule has 1 aliphatic rings. The van der Waals surface area contributed by atoms with E-state index >= 15 is 0 Å². The Kier molecular flexibility index (Phi) is 5.82. The fourth-order valence-electron chi connectivity index (χ4n) is 3.15. The summed E-state index contributed by atoms with van der Waals surface area (Å²) in [5.74, 6) is -0.839. The number of nitrogens with one attached hydrogen (secondary N) is 1. The molecule has 3 rings (SSSR count). The molecule has 1 aromatic heterocycles. The number of carbonyl (C=O) groups is 1. The Balaban J connectivity index is 1.75. The number of benzene rings is 1. The minimum absolute atomic E-state index is 0.0963. The molecule has 0 spiro atoms. The summed E-state index contributed by atoms with van der Waals surface area (Å²) in [5.41, 5.74) is 0.961. The highest BCUT2D eigenvalue weighted by Gasteiger charge is 2.34. The molecular formula is C18H21N3O5S2. The van der Waals surface area contributed by atoms with Crippen LogP contribution in [0, 0.1) is 29.9 Å². The molecule has 2 aromatic rings. The lowest BCUT2D eigenvalue weighted by molar-refractivity contribution is -0.384. The molecule has 2 heterocycles. The molecule has 1 aliphatic heterocycles. The number of carbonyl (C=O) groups excluding carboxylic acids is 1. The third-order valence-electron chi connectivity index (χ3n) is 4.75. The number of rotatable bonds is 5. The average molecular weight is 424 g/mol. The molecule has 1 saturated heterocycles. The van der Waals surface area contributed by atoms with E-state index in [9.17, 15) is 23.3 Å². The molecule has 1 N–H and O–H groups in total. The highest BCUT2D eigenvalue weighted by Crippen LogP contribution is 2.29. The first-order valence-electron chi connectivity index (χ1n) is 8.81. The number of hydrogen-bond donors (Lipinski definition) is 1. The zero-order valence-corrected chi connectivity index (χ0v) is 17.2. The monoisotopic (exact) mass is 423 g/mol. The Morgan fingerprint density at radius 2 is 2.04 bits per heavy atom. The standard InChI is InChI=1S/C18H21N3O5S2/c1-12-5-7-15(21(23)24)10-16(12)19-18(22)14-4-3-9-20(11-14)28(25,26)17-8-6-13(2)27-17/h5-8,10,14H,3-4,9,11H2,1-2H3,(H,19,22). The molecule has 1 amide bonds. The van der Waals surface area contributed by atoms with E-state index in [1.165, 1.54) is 27.8 Å². The fraction of sp³-hybridized carbons (Fsp3) is 0.389. The van der Waals surface area contributed by atoms with Crippen molar-refractivity contribution in [2.75, 3.05) is 18.4 Å². The first kappa shape index (κ1) is 20.4. The van der Waals surface area contributed by atoms with Gasteiger partial charge in [-0.2, -0.15) is 4.31 Å². The lowest BCUT2D eigenvalue weighted by atomic mass is 9.98. The first-order valence-corrected chi connectivity index (χ1v) is 11.1. The van der Waals surface area contributed by atoms with Crippen LogP contribution in [0.2, 0.25) is 0 Å². The van der Waals surface area contributed by atoms with Crippen LogP contribution >= 0.6 is 11.3 Å². The van der Waals surface area contributed by atoms with Crippen LogP contribution in [0.5, 0.6) is 0 Å². The fourth-order valence-corrected chi connectivity index (χ4v) is 6.11. The van der Waals surface area contributed by atoms with Gasteiger partial charge in [0, 0.05) is 30.1 Å². The average Bonchev–Trinajstić information content (AvgIpc) is 3.10. The summed E-state index contributed by atoms with van der Waals surface area (Å²) in [6.07, 6.45) is 1.14. The molecule has 0 aliphatic carbocycles. The van der Waals surface area contributed by atoms with Crippen molar-refractivity contribution < 1.29 is 18.1 Å². The van der Waals surface area contributed by atoms with Gasteiger partial charge in [-0.15, -0.1) is 11.3 Å². The van der Waals surface area contributed by atoms with Gasteiger partial charge < -0.3 is 5.32 Å². The van der Waals surface area contributed by atoms with Gasteiger partial charge in [0.25, 0.3) is 15.7 Å². The Labute approximate surface area is 167 Å². The molecule has 1 atom stereocenters. The zero-order valence-electron chi connectivity index (χ0n) is 15.5. The highest BCUT2D eigenvalue weighted by molar-refractivity contribution is 7.91. The number of aryl methyl sites for hydroxylation is 2. The quantitative estimate of drug-likeness (QED) is 0.586. The van der Waals surface area contributed by atoms with Crippen LogP contribution in [0.25, 0.3) is 0 Å². The summed E-state index contributed by atoms with van der Waals surface area (Å²) in [4.78, 5) is 24.1. The van der Waals surface area contributed by atoms with Crippen molar-refractivity contribution in [3.63, 3.8) is 0 Å². The van der Waals surface area contributed by atoms with Crippen molar-refractivity contribution in [3.05, 3.63) is 50.9 Å². The molecule has 8 nitrogen and oxygen atoms in total. The molecular weight excluding hydrogens is 402 g/mol. The van der Waals surface area contributed by atoms with E-state index in [1.807, 2.05) is 6.92 Å². The third kappa shape index (κ3) is 4.23. The molecule has 1 aromatic carbocycles. The second-order valence-corrected chi connectivity index (χ2v) is 10.3. The van der Waals surface area contributed by atoms with E-state index in [0.717, 1.165) is 4.88 Å². The van der Waals surface area contributed by atoms with Gasteiger partial charge in [0.15, 0.2) is 0 Å². The number of hydrogen-bond acceptors (Lipinski definition) is 6. The smallest absolute Gasteiger partial charge is 0.271 e. The molecule has 150 valence electrons. The van der Waals surface area contributed by atoms with E-state index in [-0.39, 0.29) is 22.3 Å².